The second kappa shape index (κ2) is 7.16. The average Bonchev–Trinajstić information content (AvgIpc) is 2.74. The van der Waals surface area contributed by atoms with E-state index in [2.05, 4.69) is 31.2 Å². The molecule has 1 amide bonds. The lowest BCUT2D eigenvalue weighted by Crippen LogP contribution is -2.32. The van der Waals surface area contributed by atoms with Crippen LogP contribution in [-0.2, 0) is 0 Å². The van der Waals surface area contributed by atoms with E-state index in [1.165, 1.54) is 7.11 Å². The Bertz CT molecular complexity index is 413. The molecule has 0 fully saturated rings. The first-order chi connectivity index (χ1) is 9.01. The summed E-state index contributed by atoms with van der Waals surface area (Å²) >= 11 is 0. The summed E-state index contributed by atoms with van der Waals surface area (Å²) in [6.07, 6.45) is 2.23. The molecule has 108 valence electrons. The van der Waals surface area contributed by atoms with E-state index in [9.17, 15) is 4.79 Å². The van der Waals surface area contributed by atoms with Gasteiger partial charge in [0, 0.05) is 6.54 Å². The predicted octanol–water partition coefficient (Wildman–Crippen LogP) is 2.79. The van der Waals surface area contributed by atoms with Crippen molar-refractivity contribution in [3.63, 3.8) is 0 Å². The Balaban J connectivity index is 2.61. The second-order valence-corrected chi connectivity index (χ2v) is 5.15. The molecule has 1 rings (SSSR count). The minimum atomic E-state index is -0.202. The Morgan fingerprint density at radius 2 is 2.16 bits per heavy atom. The van der Waals surface area contributed by atoms with E-state index in [1.54, 1.807) is 6.92 Å². The van der Waals surface area contributed by atoms with E-state index in [0.29, 0.717) is 35.6 Å². The summed E-state index contributed by atoms with van der Waals surface area (Å²) in [6, 6.07) is 0. The molecule has 1 heterocycles. The summed E-state index contributed by atoms with van der Waals surface area (Å²) in [7, 11) is 1.49. The maximum atomic E-state index is 12.0. The molecular formula is C14H24N2O3. The summed E-state index contributed by atoms with van der Waals surface area (Å²) in [6.45, 7) is 8.94. The minimum absolute atomic E-state index is 0.202. The number of ether oxygens (including phenoxy) is 1. The molecule has 0 saturated heterocycles. The average molecular weight is 268 g/mol. The number of carbonyl (C=O) groups excluding carboxylic acids is 1. The topological polar surface area (TPSA) is 64.4 Å². The van der Waals surface area contributed by atoms with Crippen molar-refractivity contribution in [1.82, 2.24) is 10.5 Å². The molecule has 1 atom stereocenters. The van der Waals surface area contributed by atoms with Gasteiger partial charge >= 0.3 is 5.95 Å². The highest BCUT2D eigenvalue weighted by Crippen LogP contribution is 2.21. The maximum Gasteiger partial charge on any atom is 0.314 e. The third-order valence-electron chi connectivity index (χ3n) is 3.41. The summed E-state index contributed by atoms with van der Waals surface area (Å²) < 4.78 is 9.90. The van der Waals surface area contributed by atoms with Gasteiger partial charge in [0.05, 0.1) is 12.7 Å². The molecule has 1 aromatic rings. The van der Waals surface area contributed by atoms with Crippen LogP contribution in [0.15, 0.2) is 4.52 Å². The Hall–Kier alpha value is -1.52. The lowest BCUT2D eigenvalue weighted by atomic mass is 9.91. The first-order valence-corrected chi connectivity index (χ1v) is 6.79. The first kappa shape index (κ1) is 15.5. The van der Waals surface area contributed by atoms with Gasteiger partial charge in [-0.15, -0.1) is 0 Å². The normalized spacial score (nSPS) is 12.5. The van der Waals surface area contributed by atoms with Crippen LogP contribution >= 0.6 is 0 Å². The zero-order valence-electron chi connectivity index (χ0n) is 12.4. The van der Waals surface area contributed by atoms with Crippen molar-refractivity contribution in [3.8, 4) is 5.95 Å². The Labute approximate surface area is 114 Å². The monoisotopic (exact) mass is 268 g/mol. The van der Waals surface area contributed by atoms with E-state index in [4.69, 9.17) is 9.26 Å². The molecule has 0 spiro atoms. The van der Waals surface area contributed by atoms with Crippen LogP contribution in [0.3, 0.4) is 0 Å². The summed E-state index contributed by atoms with van der Waals surface area (Å²) in [5, 5.41) is 6.67. The number of methoxy groups -OCH3 is 1. The van der Waals surface area contributed by atoms with E-state index < -0.39 is 0 Å². The SMILES string of the molecule is CCCC(CNC(=O)c1noc(OC)c1C)C(C)C. The van der Waals surface area contributed by atoms with Gasteiger partial charge in [-0.2, -0.15) is 0 Å². The van der Waals surface area contributed by atoms with Gasteiger partial charge in [0.2, 0.25) is 0 Å². The fraction of sp³-hybridized carbons (Fsp3) is 0.714. The zero-order chi connectivity index (χ0) is 14.4. The third-order valence-corrected chi connectivity index (χ3v) is 3.41. The van der Waals surface area contributed by atoms with Gasteiger partial charge < -0.3 is 14.6 Å². The smallest absolute Gasteiger partial charge is 0.314 e. The van der Waals surface area contributed by atoms with Crippen molar-refractivity contribution in [1.29, 1.82) is 0 Å². The number of amides is 1. The highest BCUT2D eigenvalue weighted by atomic mass is 16.6. The number of hydrogen-bond donors (Lipinski definition) is 1. The van der Waals surface area contributed by atoms with Crippen molar-refractivity contribution in [2.75, 3.05) is 13.7 Å². The van der Waals surface area contributed by atoms with Gasteiger partial charge in [-0.3, -0.25) is 4.79 Å². The van der Waals surface area contributed by atoms with Crippen LogP contribution in [0.4, 0.5) is 0 Å². The largest absolute Gasteiger partial charge is 0.467 e. The fourth-order valence-electron chi connectivity index (χ4n) is 2.07. The van der Waals surface area contributed by atoms with Crippen LogP contribution in [-0.4, -0.2) is 24.7 Å². The molecule has 5 nitrogen and oxygen atoms in total. The van der Waals surface area contributed by atoms with Crippen molar-refractivity contribution in [3.05, 3.63) is 11.3 Å². The number of nitrogens with one attached hydrogen (secondary N) is 1. The Morgan fingerprint density at radius 3 is 2.63 bits per heavy atom. The van der Waals surface area contributed by atoms with E-state index in [-0.39, 0.29) is 5.91 Å². The van der Waals surface area contributed by atoms with Gasteiger partial charge in [-0.1, -0.05) is 32.3 Å². The van der Waals surface area contributed by atoms with E-state index in [0.717, 1.165) is 12.8 Å². The first-order valence-electron chi connectivity index (χ1n) is 6.79. The summed E-state index contributed by atoms with van der Waals surface area (Å²) in [4.78, 5) is 12.0. The van der Waals surface area contributed by atoms with Crippen molar-refractivity contribution in [2.24, 2.45) is 11.8 Å². The van der Waals surface area contributed by atoms with Gasteiger partial charge in [-0.05, 0) is 25.2 Å². The van der Waals surface area contributed by atoms with E-state index in [1.807, 2.05) is 0 Å². The highest BCUT2D eigenvalue weighted by Gasteiger charge is 2.20. The van der Waals surface area contributed by atoms with Crippen molar-refractivity contribution in [2.45, 2.75) is 40.5 Å². The predicted molar refractivity (Wildman–Crippen MR) is 73.4 cm³/mol. The van der Waals surface area contributed by atoms with Crippen molar-refractivity contribution >= 4 is 5.91 Å². The molecule has 0 aliphatic rings. The molecule has 1 aromatic heterocycles. The number of nitrogens with zero attached hydrogens (tertiary/aromatic N) is 1. The zero-order valence-corrected chi connectivity index (χ0v) is 12.4. The molecule has 0 aromatic carbocycles. The highest BCUT2D eigenvalue weighted by molar-refractivity contribution is 5.93. The van der Waals surface area contributed by atoms with Crippen LogP contribution in [0.25, 0.3) is 0 Å². The maximum absolute atomic E-state index is 12.0. The number of rotatable bonds is 7. The van der Waals surface area contributed by atoms with Crippen LogP contribution in [0.1, 0.15) is 49.7 Å². The van der Waals surface area contributed by atoms with Gasteiger partial charge in [0.1, 0.15) is 0 Å². The van der Waals surface area contributed by atoms with E-state index >= 15 is 0 Å². The van der Waals surface area contributed by atoms with Gasteiger partial charge in [-0.25, -0.2) is 0 Å². The Kier molecular flexibility index (Phi) is 5.86. The molecule has 0 bridgehead atoms. The molecule has 0 saturated carbocycles. The third kappa shape index (κ3) is 3.98. The van der Waals surface area contributed by atoms with Gasteiger partial charge in [0.15, 0.2) is 5.69 Å². The second-order valence-electron chi connectivity index (χ2n) is 5.15. The number of aromatic nitrogens is 1. The molecular weight excluding hydrogens is 244 g/mol. The molecule has 1 N–H and O–H groups in total. The van der Waals surface area contributed by atoms with Crippen LogP contribution in [0, 0.1) is 18.8 Å². The summed E-state index contributed by atoms with van der Waals surface area (Å²) in [5.41, 5.74) is 0.937. The van der Waals surface area contributed by atoms with Crippen LogP contribution in [0.5, 0.6) is 5.95 Å². The fourth-order valence-corrected chi connectivity index (χ4v) is 2.07. The lowest BCUT2D eigenvalue weighted by Gasteiger charge is -2.20. The number of carbonyl (C=O) groups is 1. The van der Waals surface area contributed by atoms with Crippen LogP contribution < -0.4 is 10.1 Å². The Morgan fingerprint density at radius 1 is 1.47 bits per heavy atom. The minimum Gasteiger partial charge on any atom is -0.467 e. The standard InChI is InChI=1S/C14H24N2O3/c1-6-7-11(9(2)3)8-15-13(17)12-10(4)14(18-5)19-16-12/h9,11H,6-8H2,1-5H3,(H,15,17). The quantitative estimate of drug-likeness (QED) is 0.826. The number of hydrogen-bond acceptors (Lipinski definition) is 4. The molecule has 5 heteroatoms. The molecule has 0 aliphatic heterocycles. The van der Waals surface area contributed by atoms with Crippen molar-refractivity contribution < 1.29 is 14.1 Å². The van der Waals surface area contributed by atoms with Crippen LogP contribution in [0.2, 0.25) is 0 Å². The molecule has 0 aliphatic carbocycles. The molecule has 19 heavy (non-hydrogen) atoms. The molecule has 0 radical (unpaired) electrons. The van der Waals surface area contributed by atoms with Gasteiger partial charge in [0.25, 0.3) is 5.91 Å². The molecule has 1 unspecified atom stereocenters. The summed E-state index contributed by atoms with van der Waals surface area (Å²) in [5.74, 6) is 1.13. The lowest BCUT2D eigenvalue weighted by molar-refractivity contribution is 0.0932.